The van der Waals surface area contributed by atoms with Crippen molar-refractivity contribution in [3.8, 4) is 11.6 Å². The lowest BCUT2D eigenvalue weighted by Gasteiger charge is -2.19. The number of amides is 3. The van der Waals surface area contributed by atoms with Crippen LogP contribution in [-0.2, 0) is 4.74 Å². The van der Waals surface area contributed by atoms with Crippen LogP contribution in [0.5, 0.6) is 11.6 Å². The highest BCUT2D eigenvalue weighted by Gasteiger charge is 2.18. The Labute approximate surface area is 262 Å². The molecular weight excluding hydrogens is 592 g/mol. The first-order valence-corrected chi connectivity index (χ1v) is 14.1. The van der Waals surface area contributed by atoms with Crippen molar-refractivity contribution in [3.05, 3.63) is 78.8 Å². The smallest absolute Gasteiger partial charge is 0.428 e. The monoisotopic (exact) mass is 622 g/mol. The standard InChI is InChI=1S/C30H30N12O4/c1-17-10-19(7-9-23(17)45-26-13-25-38-34-16-41(25)15-33-26)35-27-21-12-20(6-8-22(21)31-14-32-27)36-28(43)37-24-11-18(2)42(39-24)40-29(44)46-30(3,4)5/h6-16H,1-5H3,(H,40,44)(H,31,32,35)(H2,36,37,39,43). The van der Waals surface area contributed by atoms with Crippen LogP contribution in [-0.4, -0.2) is 57.2 Å². The van der Waals surface area contributed by atoms with Crippen molar-refractivity contribution in [3.63, 3.8) is 0 Å². The van der Waals surface area contributed by atoms with E-state index in [-0.39, 0.29) is 5.82 Å². The van der Waals surface area contributed by atoms with Gasteiger partial charge in [-0.2, -0.15) is 4.79 Å². The average molecular weight is 623 g/mol. The molecule has 0 saturated carbocycles. The number of carbonyl (C=O) groups is 2. The van der Waals surface area contributed by atoms with E-state index in [1.54, 1.807) is 75.1 Å². The number of carbonyl (C=O) groups excluding carboxylic acids is 2. The second-order valence-corrected chi connectivity index (χ2v) is 11.3. The summed E-state index contributed by atoms with van der Waals surface area (Å²) in [7, 11) is 0. The second kappa shape index (κ2) is 12.0. The SMILES string of the molecule is Cc1cc(Nc2ncnc3ccc(NC(=O)Nc4cc(C)n(NC(=O)OC(C)(C)C)n4)cc23)ccc1Oc1cc2nncn2cn1. The fourth-order valence-corrected chi connectivity index (χ4v) is 4.41. The molecule has 16 heteroatoms. The van der Waals surface area contributed by atoms with E-state index in [4.69, 9.17) is 9.47 Å². The number of hydrogen-bond donors (Lipinski definition) is 4. The van der Waals surface area contributed by atoms with E-state index in [0.717, 1.165) is 11.3 Å². The van der Waals surface area contributed by atoms with E-state index in [1.165, 1.54) is 11.1 Å². The third kappa shape index (κ3) is 6.91. The van der Waals surface area contributed by atoms with Gasteiger partial charge < -0.3 is 20.1 Å². The Morgan fingerprint density at radius 2 is 1.72 bits per heavy atom. The highest BCUT2D eigenvalue weighted by atomic mass is 16.6. The largest absolute Gasteiger partial charge is 0.443 e. The lowest BCUT2D eigenvalue weighted by atomic mass is 10.1. The fourth-order valence-electron chi connectivity index (χ4n) is 4.41. The zero-order valence-corrected chi connectivity index (χ0v) is 25.6. The van der Waals surface area contributed by atoms with Crippen molar-refractivity contribution in [2.45, 2.75) is 40.2 Å². The van der Waals surface area contributed by atoms with Gasteiger partial charge >= 0.3 is 12.1 Å². The Balaban J connectivity index is 1.13. The molecule has 2 aromatic carbocycles. The van der Waals surface area contributed by atoms with E-state index in [9.17, 15) is 9.59 Å². The number of aryl methyl sites for hydroxylation is 2. The van der Waals surface area contributed by atoms with Gasteiger partial charge in [-0.25, -0.2) is 30.0 Å². The molecule has 4 N–H and O–H groups in total. The van der Waals surface area contributed by atoms with Gasteiger partial charge in [0, 0.05) is 28.9 Å². The van der Waals surface area contributed by atoms with Gasteiger partial charge in [0.2, 0.25) is 5.88 Å². The summed E-state index contributed by atoms with van der Waals surface area (Å²) in [6.07, 6.45) is 3.94. The normalized spacial score (nSPS) is 11.3. The van der Waals surface area contributed by atoms with Crippen molar-refractivity contribution < 1.29 is 19.1 Å². The summed E-state index contributed by atoms with van der Waals surface area (Å²) >= 11 is 0. The third-order valence-corrected chi connectivity index (χ3v) is 6.43. The Kier molecular flexibility index (Phi) is 7.75. The van der Waals surface area contributed by atoms with Gasteiger partial charge in [-0.1, -0.05) is 0 Å². The molecule has 0 fully saturated rings. The highest BCUT2D eigenvalue weighted by Crippen LogP contribution is 2.30. The maximum absolute atomic E-state index is 12.8. The number of hydrogen-bond acceptors (Lipinski definition) is 11. The van der Waals surface area contributed by atoms with Crippen LogP contribution < -0.4 is 26.1 Å². The molecule has 0 aliphatic rings. The Bertz CT molecular complexity index is 2080. The molecule has 4 aromatic heterocycles. The molecule has 0 aliphatic carbocycles. The molecule has 6 rings (SSSR count). The van der Waals surface area contributed by atoms with Crippen LogP contribution in [0.1, 0.15) is 32.0 Å². The van der Waals surface area contributed by atoms with Crippen molar-refractivity contribution in [2.75, 3.05) is 21.4 Å². The lowest BCUT2D eigenvalue weighted by molar-refractivity contribution is 0.0609. The molecule has 0 spiro atoms. The predicted octanol–water partition coefficient (Wildman–Crippen LogP) is 5.54. The first-order chi connectivity index (χ1) is 22.0. The molecule has 6 aromatic rings. The molecule has 3 amide bonds. The quantitative estimate of drug-likeness (QED) is 0.175. The molecule has 46 heavy (non-hydrogen) atoms. The van der Waals surface area contributed by atoms with Gasteiger partial charge in [0.1, 0.15) is 36.2 Å². The van der Waals surface area contributed by atoms with Crippen molar-refractivity contribution in [1.82, 2.24) is 39.4 Å². The van der Waals surface area contributed by atoms with Crippen LogP contribution in [0.25, 0.3) is 16.6 Å². The maximum atomic E-state index is 12.8. The number of fused-ring (bicyclic) bond motifs is 2. The number of ether oxygens (including phenoxy) is 2. The van der Waals surface area contributed by atoms with Gasteiger partial charge in [-0.15, -0.1) is 15.3 Å². The molecule has 0 saturated heterocycles. The molecule has 234 valence electrons. The number of urea groups is 1. The van der Waals surface area contributed by atoms with Crippen molar-refractivity contribution >= 4 is 51.7 Å². The molecule has 0 atom stereocenters. The number of nitrogens with zero attached hydrogens (tertiary/aromatic N) is 8. The van der Waals surface area contributed by atoms with E-state index in [0.29, 0.717) is 45.4 Å². The molecule has 0 aliphatic heterocycles. The molecule has 4 heterocycles. The minimum absolute atomic E-state index is 0.232. The van der Waals surface area contributed by atoms with Gasteiger partial charge in [-0.05, 0) is 76.6 Å². The third-order valence-electron chi connectivity index (χ3n) is 6.43. The summed E-state index contributed by atoms with van der Waals surface area (Å²) < 4.78 is 12.9. The number of anilines is 4. The van der Waals surface area contributed by atoms with Crippen molar-refractivity contribution in [1.29, 1.82) is 0 Å². The second-order valence-electron chi connectivity index (χ2n) is 11.3. The lowest BCUT2D eigenvalue weighted by Crippen LogP contribution is -2.32. The van der Waals surface area contributed by atoms with Gasteiger partial charge in [-0.3, -0.25) is 9.72 Å². The summed E-state index contributed by atoms with van der Waals surface area (Å²) in [6, 6.07) is 13.7. The first-order valence-electron chi connectivity index (χ1n) is 14.1. The summed E-state index contributed by atoms with van der Waals surface area (Å²) in [5.41, 5.74) is 5.87. The Hall–Kier alpha value is -6.32. The van der Waals surface area contributed by atoms with Gasteiger partial charge in [0.15, 0.2) is 11.5 Å². The fraction of sp³-hybridized carbons (Fsp3) is 0.200. The van der Waals surface area contributed by atoms with Crippen LogP contribution in [0.15, 0.2) is 67.5 Å². The average Bonchev–Trinajstić information content (AvgIpc) is 3.59. The topological polar surface area (TPSA) is 187 Å². The molecule has 16 nitrogen and oxygen atoms in total. The highest BCUT2D eigenvalue weighted by molar-refractivity contribution is 6.01. The van der Waals surface area contributed by atoms with E-state index < -0.39 is 17.7 Å². The minimum Gasteiger partial charge on any atom is -0.443 e. The van der Waals surface area contributed by atoms with E-state index in [2.05, 4.69) is 51.6 Å². The summed E-state index contributed by atoms with van der Waals surface area (Å²) in [6.45, 7) is 8.92. The van der Waals surface area contributed by atoms with Gasteiger partial charge in [0.05, 0.1) is 11.2 Å². The van der Waals surface area contributed by atoms with E-state index >= 15 is 0 Å². The van der Waals surface area contributed by atoms with Crippen molar-refractivity contribution in [2.24, 2.45) is 0 Å². The van der Waals surface area contributed by atoms with Crippen LogP contribution in [0.3, 0.4) is 0 Å². The maximum Gasteiger partial charge on any atom is 0.428 e. The number of benzene rings is 2. The van der Waals surface area contributed by atoms with Gasteiger partial charge in [0.25, 0.3) is 0 Å². The zero-order chi connectivity index (χ0) is 32.4. The van der Waals surface area contributed by atoms with Crippen LogP contribution in [0, 0.1) is 13.8 Å². The minimum atomic E-state index is -0.671. The molecule has 0 bridgehead atoms. The summed E-state index contributed by atoms with van der Waals surface area (Å²) in [5, 5.41) is 21.5. The predicted molar refractivity (Wildman–Crippen MR) is 170 cm³/mol. The summed E-state index contributed by atoms with van der Waals surface area (Å²) in [5.74, 6) is 1.81. The zero-order valence-electron chi connectivity index (χ0n) is 25.6. The van der Waals surface area contributed by atoms with Crippen LogP contribution in [0.2, 0.25) is 0 Å². The number of aromatic nitrogens is 8. The molecule has 0 unspecified atom stereocenters. The summed E-state index contributed by atoms with van der Waals surface area (Å²) in [4.78, 5) is 39.2. The Morgan fingerprint density at radius 3 is 2.52 bits per heavy atom. The van der Waals surface area contributed by atoms with Crippen LogP contribution >= 0.6 is 0 Å². The number of nitrogens with one attached hydrogen (secondary N) is 4. The Morgan fingerprint density at radius 1 is 0.891 bits per heavy atom. The van der Waals surface area contributed by atoms with E-state index in [1.807, 2.05) is 25.1 Å². The molecular formula is C30H30N12O4. The molecule has 0 radical (unpaired) electrons. The van der Waals surface area contributed by atoms with Crippen LogP contribution in [0.4, 0.5) is 32.6 Å². The number of rotatable bonds is 7. The first kappa shape index (κ1) is 29.7.